The minimum Gasteiger partial charge on any atom is -0.436 e. The average Bonchev–Trinajstić information content (AvgIpc) is 2.27. The SMILES string of the molecule is Nc1ccc(Oc2ncc(Cl)cc2F)cc1Cl. The number of halogens is 3. The second kappa shape index (κ2) is 4.77. The lowest BCUT2D eigenvalue weighted by Crippen LogP contribution is -1.93. The van der Waals surface area contributed by atoms with Crippen LogP contribution in [0, 0.1) is 5.82 Å². The Bertz CT molecular complexity index is 563. The van der Waals surface area contributed by atoms with Crippen molar-refractivity contribution < 1.29 is 9.13 Å². The highest BCUT2D eigenvalue weighted by molar-refractivity contribution is 6.33. The quantitative estimate of drug-likeness (QED) is 0.844. The lowest BCUT2D eigenvalue weighted by molar-refractivity contribution is 0.423. The zero-order valence-corrected chi connectivity index (χ0v) is 9.97. The molecule has 2 aromatic rings. The first-order valence-corrected chi connectivity index (χ1v) is 5.36. The van der Waals surface area contributed by atoms with Gasteiger partial charge in [-0.1, -0.05) is 23.2 Å². The number of nitrogen functional groups attached to an aromatic ring is 1. The smallest absolute Gasteiger partial charge is 0.255 e. The zero-order chi connectivity index (χ0) is 12.4. The Morgan fingerprint density at radius 1 is 1.24 bits per heavy atom. The standard InChI is InChI=1S/C11H7Cl2FN2O/c12-6-3-9(14)11(16-5-6)17-7-1-2-10(15)8(13)4-7/h1-5H,15H2. The van der Waals surface area contributed by atoms with Crippen LogP contribution in [0.4, 0.5) is 10.1 Å². The molecule has 6 heteroatoms. The predicted octanol–water partition coefficient (Wildman–Crippen LogP) is 3.90. The van der Waals surface area contributed by atoms with E-state index in [9.17, 15) is 4.39 Å². The molecule has 17 heavy (non-hydrogen) atoms. The molecule has 0 atom stereocenters. The van der Waals surface area contributed by atoms with E-state index in [-0.39, 0.29) is 10.9 Å². The van der Waals surface area contributed by atoms with Crippen molar-refractivity contribution >= 4 is 28.9 Å². The first-order valence-electron chi connectivity index (χ1n) is 4.60. The molecule has 0 saturated carbocycles. The van der Waals surface area contributed by atoms with Gasteiger partial charge in [-0.25, -0.2) is 9.37 Å². The fourth-order valence-corrected chi connectivity index (χ4v) is 1.48. The normalized spacial score (nSPS) is 10.3. The molecule has 1 aromatic carbocycles. The van der Waals surface area contributed by atoms with Crippen molar-refractivity contribution in [1.82, 2.24) is 4.98 Å². The third-order valence-corrected chi connectivity index (χ3v) is 2.49. The molecule has 1 aromatic heterocycles. The molecule has 88 valence electrons. The number of hydrogen-bond donors (Lipinski definition) is 1. The summed E-state index contributed by atoms with van der Waals surface area (Å²) in [6.07, 6.45) is 1.29. The molecular weight excluding hydrogens is 266 g/mol. The molecule has 0 fully saturated rings. The Morgan fingerprint density at radius 2 is 2.00 bits per heavy atom. The first kappa shape index (κ1) is 12.0. The summed E-state index contributed by atoms with van der Waals surface area (Å²) in [5.41, 5.74) is 5.96. The summed E-state index contributed by atoms with van der Waals surface area (Å²) in [6.45, 7) is 0. The van der Waals surface area contributed by atoms with Crippen molar-refractivity contribution in [3.63, 3.8) is 0 Å². The third kappa shape index (κ3) is 2.78. The number of benzene rings is 1. The van der Waals surface area contributed by atoms with E-state index in [2.05, 4.69) is 4.98 Å². The van der Waals surface area contributed by atoms with E-state index in [0.29, 0.717) is 16.5 Å². The molecule has 0 amide bonds. The maximum atomic E-state index is 13.4. The van der Waals surface area contributed by atoms with Gasteiger partial charge in [0, 0.05) is 12.3 Å². The third-order valence-electron chi connectivity index (χ3n) is 1.96. The van der Waals surface area contributed by atoms with Crippen LogP contribution in [-0.4, -0.2) is 4.98 Å². The van der Waals surface area contributed by atoms with Crippen molar-refractivity contribution in [2.75, 3.05) is 5.73 Å². The highest BCUT2D eigenvalue weighted by Gasteiger charge is 2.08. The molecular formula is C11H7Cl2FN2O. The largest absolute Gasteiger partial charge is 0.436 e. The van der Waals surface area contributed by atoms with Gasteiger partial charge in [0.1, 0.15) is 5.75 Å². The summed E-state index contributed by atoms with van der Waals surface area (Å²) in [5.74, 6) is -0.474. The van der Waals surface area contributed by atoms with Crippen LogP contribution in [0.15, 0.2) is 30.5 Å². The minimum atomic E-state index is -0.648. The monoisotopic (exact) mass is 272 g/mol. The van der Waals surface area contributed by atoms with E-state index in [1.165, 1.54) is 12.3 Å². The summed E-state index contributed by atoms with van der Waals surface area (Å²) in [6, 6.07) is 5.72. The van der Waals surface area contributed by atoms with Crippen molar-refractivity contribution in [2.45, 2.75) is 0 Å². The van der Waals surface area contributed by atoms with Gasteiger partial charge in [-0.05, 0) is 18.2 Å². The Kier molecular flexibility index (Phi) is 3.36. The fraction of sp³-hybridized carbons (Fsp3) is 0. The minimum absolute atomic E-state index is 0.171. The maximum absolute atomic E-state index is 13.4. The van der Waals surface area contributed by atoms with Gasteiger partial charge < -0.3 is 10.5 Å². The highest BCUT2D eigenvalue weighted by Crippen LogP contribution is 2.28. The van der Waals surface area contributed by atoms with Crippen molar-refractivity contribution in [3.05, 3.63) is 46.3 Å². The van der Waals surface area contributed by atoms with Crippen LogP contribution in [0.2, 0.25) is 10.0 Å². The number of nitrogens with zero attached hydrogens (tertiary/aromatic N) is 1. The molecule has 1 heterocycles. The zero-order valence-electron chi connectivity index (χ0n) is 8.45. The summed E-state index contributed by atoms with van der Waals surface area (Å²) in [4.78, 5) is 3.72. The van der Waals surface area contributed by atoms with Crippen LogP contribution in [0.25, 0.3) is 0 Å². The van der Waals surface area contributed by atoms with Gasteiger partial charge in [0.05, 0.1) is 15.7 Å². The molecule has 0 radical (unpaired) electrons. The number of aromatic nitrogens is 1. The number of anilines is 1. The fourth-order valence-electron chi connectivity index (χ4n) is 1.16. The Balaban J connectivity index is 2.28. The van der Waals surface area contributed by atoms with Crippen molar-refractivity contribution in [2.24, 2.45) is 0 Å². The second-order valence-electron chi connectivity index (χ2n) is 3.23. The lowest BCUT2D eigenvalue weighted by atomic mass is 10.3. The van der Waals surface area contributed by atoms with E-state index in [1.807, 2.05) is 0 Å². The van der Waals surface area contributed by atoms with Gasteiger partial charge in [-0.15, -0.1) is 0 Å². The molecule has 0 bridgehead atoms. The van der Waals surface area contributed by atoms with Gasteiger partial charge >= 0.3 is 0 Å². The number of nitrogens with two attached hydrogens (primary N) is 1. The summed E-state index contributed by atoms with van der Waals surface area (Å²) < 4.78 is 18.6. The molecule has 0 aliphatic rings. The van der Waals surface area contributed by atoms with Gasteiger partial charge in [-0.2, -0.15) is 0 Å². The van der Waals surface area contributed by atoms with Gasteiger partial charge in [0.2, 0.25) is 0 Å². The van der Waals surface area contributed by atoms with E-state index in [0.717, 1.165) is 6.07 Å². The van der Waals surface area contributed by atoms with E-state index in [4.69, 9.17) is 33.7 Å². The predicted molar refractivity (Wildman–Crippen MR) is 65.1 cm³/mol. The Labute approximate surface area is 107 Å². The lowest BCUT2D eigenvalue weighted by Gasteiger charge is -2.06. The number of pyridine rings is 1. The Morgan fingerprint density at radius 3 is 2.65 bits per heavy atom. The number of hydrogen-bond acceptors (Lipinski definition) is 3. The summed E-state index contributed by atoms with van der Waals surface area (Å²) >= 11 is 11.4. The highest BCUT2D eigenvalue weighted by atomic mass is 35.5. The Hall–Kier alpha value is -1.52. The van der Waals surface area contributed by atoms with Crippen LogP contribution < -0.4 is 10.5 Å². The van der Waals surface area contributed by atoms with Crippen LogP contribution in [0.3, 0.4) is 0 Å². The van der Waals surface area contributed by atoms with Crippen molar-refractivity contribution in [3.8, 4) is 11.6 Å². The number of ether oxygens (including phenoxy) is 1. The van der Waals surface area contributed by atoms with Crippen LogP contribution in [0.1, 0.15) is 0 Å². The van der Waals surface area contributed by atoms with Gasteiger partial charge in [-0.3, -0.25) is 0 Å². The van der Waals surface area contributed by atoms with Gasteiger partial charge in [0.25, 0.3) is 5.88 Å². The average molecular weight is 273 g/mol. The molecule has 0 aliphatic carbocycles. The first-order chi connectivity index (χ1) is 8.06. The molecule has 0 saturated heterocycles. The van der Waals surface area contributed by atoms with Crippen LogP contribution in [-0.2, 0) is 0 Å². The molecule has 2 rings (SSSR count). The van der Waals surface area contributed by atoms with E-state index >= 15 is 0 Å². The van der Waals surface area contributed by atoms with E-state index < -0.39 is 5.82 Å². The molecule has 0 spiro atoms. The maximum Gasteiger partial charge on any atom is 0.255 e. The molecule has 0 unspecified atom stereocenters. The summed E-state index contributed by atoms with van der Waals surface area (Å²) in [7, 11) is 0. The molecule has 0 aliphatic heterocycles. The summed E-state index contributed by atoms with van der Waals surface area (Å²) in [5, 5.41) is 0.530. The topological polar surface area (TPSA) is 48.1 Å². The number of rotatable bonds is 2. The molecule has 3 nitrogen and oxygen atoms in total. The van der Waals surface area contributed by atoms with Crippen molar-refractivity contribution in [1.29, 1.82) is 0 Å². The second-order valence-corrected chi connectivity index (χ2v) is 4.07. The molecule has 2 N–H and O–H groups in total. The van der Waals surface area contributed by atoms with Crippen LogP contribution >= 0.6 is 23.2 Å². The van der Waals surface area contributed by atoms with Crippen LogP contribution in [0.5, 0.6) is 11.6 Å². The van der Waals surface area contributed by atoms with E-state index in [1.54, 1.807) is 12.1 Å². The van der Waals surface area contributed by atoms with Gasteiger partial charge in [0.15, 0.2) is 5.82 Å².